The highest BCUT2D eigenvalue weighted by Crippen LogP contribution is 2.09. The van der Waals surface area contributed by atoms with Crippen LogP contribution in [-0.2, 0) is 11.3 Å². The Kier molecular flexibility index (Phi) is 5.96. The summed E-state index contributed by atoms with van der Waals surface area (Å²) in [4.78, 5) is 28.6. The van der Waals surface area contributed by atoms with E-state index in [9.17, 15) is 9.59 Å². The maximum atomic E-state index is 12.0. The van der Waals surface area contributed by atoms with E-state index in [0.29, 0.717) is 13.0 Å². The Morgan fingerprint density at radius 2 is 2.00 bits per heavy atom. The van der Waals surface area contributed by atoms with Crippen LogP contribution in [0.25, 0.3) is 0 Å². The summed E-state index contributed by atoms with van der Waals surface area (Å²) in [7, 11) is 1.63. The first-order valence-corrected chi connectivity index (χ1v) is 6.59. The number of pyridine rings is 1. The number of nitrogens with one attached hydrogen (secondary N) is 1. The van der Waals surface area contributed by atoms with E-state index in [1.165, 1.54) is 4.90 Å². The summed E-state index contributed by atoms with van der Waals surface area (Å²) in [6, 6.07) is 2.36. The highest BCUT2D eigenvalue weighted by atomic mass is 16.4. The Hall–Kier alpha value is -2.11. The molecule has 0 saturated heterocycles. The molecule has 0 aliphatic carbocycles. The van der Waals surface area contributed by atoms with Crippen molar-refractivity contribution < 1.29 is 14.7 Å². The van der Waals surface area contributed by atoms with Gasteiger partial charge in [-0.05, 0) is 23.6 Å². The molecule has 1 aromatic heterocycles. The molecule has 110 valence electrons. The van der Waals surface area contributed by atoms with Gasteiger partial charge in [0.25, 0.3) is 0 Å². The van der Waals surface area contributed by atoms with Gasteiger partial charge in [0.15, 0.2) is 0 Å². The number of rotatable bonds is 6. The molecule has 2 atom stereocenters. The number of urea groups is 1. The molecule has 1 heterocycles. The molecule has 0 radical (unpaired) electrons. The molecule has 0 aliphatic heterocycles. The molecule has 0 aliphatic rings. The van der Waals surface area contributed by atoms with E-state index < -0.39 is 18.0 Å². The number of nitrogens with zero attached hydrogens (tertiary/aromatic N) is 2. The van der Waals surface area contributed by atoms with Gasteiger partial charge < -0.3 is 15.3 Å². The summed E-state index contributed by atoms with van der Waals surface area (Å²) in [6.45, 7) is 4.11. The smallest absolute Gasteiger partial charge is 0.326 e. The average molecular weight is 279 g/mol. The lowest BCUT2D eigenvalue weighted by atomic mass is 9.99. The van der Waals surface area contributed by atoms with E-state index in [2.05, 4.69) is 10.3 Å². The molecular formula is C14H21N3O3. The Bertz CT molecular complexity index is 450. The molecule has 1 aromatic rings. The standard InChI is InChI=1S/C14H21N3O3/c1-4-10(2)12(13(18)19)16-14(20)17(3)9-11-5-7-15-8-6-11/h5-8,10,12H,4,9H2,1-3H3,(H,16,20)(H,18,19)/t10?,12-/m0/s1. The number of amides is 2. The van der Waals surface area contributed by atoms with Crippen LogP contribution in [0.5, 0.6) is 0 Å². The first-order chi connectivity index (χ1) is 9.45. The van der Waals surface area contributed by atoms with E-state index in [1.807, 2.05) is 26.0 Å². The fourth-order valence-corrected chi connectivity index (χ4v) is 1.76. The molecule has 1 rings (SSSR count). The summed E-state index contributed by atoms with van der Waals surface area (Å²) < 4.78 is 0. The van der Waals surface area contributed by atoms with Crippen molar-refractivity contribution in [3.63, 3.8) is 0 Å². The minimum Gasteiger partial charge on any atom is -0.480 e. The molecule has 0 saturated carbocycles. The molecule has 0 aromatic carbocycles. The van der Waals surface area contributed by atoms with E-state index >= 15 is 0 Å². The molecule has 6 heteroatoms. The maximum absolute atomic E-state index is 12.0. The second-order valence-electron chi connectivity index (χ2n) is 4.86. The van der Waals surface area contributed by atoms with Crippen LogP contribution in [0.3, 0.4) is 0 Å². The van der Waals surface area contributed by atoms with Gasteiger partial charge in [-0.25, -0.2) is 9.59 Å². The maximum Gasteiger partial charge on any atom is 0.326 e. The Balaban J connectivity index is 2.62. The highest BCUT2D eigenvalue weighted by Gasteiger charge is 2.26. The van der Waals surface area contributed by atoms with Crippen LogP contribution in [0.15, 0.2) is 24.5 Å². The van der Waals surface area contributed by atoms with Crippen LogP contribution in [0.2, 0.25) is 0 Å². The molecule has 2 amide bonds. The normalized spacial score (nSPS) is 13.3. The highest BCUT2D eigenvalue weighted by molar-refractivity contribution is 5.82. The lowest BCUT2D eigenvalue weighted by Crippen LogP contribution is -2.49. The van der Waals surface area contributed by atoms with E-state index in [4.69, 9.17) is 5.11 Å². The minimum atomic E-state index is -1.01. The van der Waals surface area contributed by atoms with Crippen LogP contribution in [-0.4, -0.2) is 40.1 Å². The number of hydrogen-bond acceptors (Lipinski definition) is 3. The first kappa shape index (κ1) is 15.9. The van der Waals surface area contributed by atoms with Gasteiger partial charge in [0.1, 0.15) is 6.04 Å². The van der Waals surface area contributed by atoms with Crippen molar-refractivity contribution in [1.82, 2.24) is 15.2 Å². The number of carbonyl (C=O) groups excluding carboxylic acids is 1. The zero-order chi connectivity index (χ0) is 15.1. The number of aromatic nitrogens is 1. The Labute approximate surface area is 118 Å². The third kappa shape index (κ3) is 4.53. The van der Waals surface area contributed by atoms with Crippen molar-refractivity contribution in [2.24, 2.45) is 5.92 Å². The van der Waals surface area contributed by atoms with Crippen molar-refractivity contribution in [3.8, 4) is 0 Å². The van der Waals surface area contributed by atoms with Crippen molar-refractivity contribution in [1.29, 1.82) is 0 Å². The molecule has 0 spiro atoms. The van der Waals surface area contributed by atoms with Crippen molar-refractivity contribution in [2.45, 2.75) is 32.9 Å². The lowest BCUT2D eigenvalue weighted by Gasteiger charge is -2.24. The molecular weight excluding hydrogens is 258 g/mol. The quantitative estimate of drug-likeness (QED) is 0.830. The number of carboxylic acid groups (broad SMARTS) is 1. The van der Waals surface area contributed by atoms with Gasteiger partial charge in [0.05, 0.1) is 0 Å². The average Bonchev–Trinajstić information content (AvgIpc) is 2.44. The number of carboxylic acids is 1. The van der Waals surface area contributed by atoms with Crippen LogP contribution >= 0.6 is 0 Å². The van der Waals surface area contributed by atoms with Gasteiger partial charge in [-0.2, -0.15) is 0 Å². The second-order valence-corrected chi connectivity index (χ2v) is 4.86. The molecule has 6 nitrogen and oxygen atoms in total. The van der Waals surface area contributed by atoms with Gasteiger partial charge in [0, 0.05) is 26.0 Å². The summed E-state index contributed by atoms with van der Waals surface area (Å²) in [6.07, 6.45) is 3.99. The van der Waals surface area contributed by atoms with Gasteiger partial charge >= 0.3 is 12.0 Å². The van der Waals surface area contributed by atoms with Gasteiger partial charge in [-0.1, -0.05) is 20.3 Å². The van der Waals surface area contributed by atoms with Gasteiger partial charge in [-0.15, -0.1) is 0 Å². The van der Waals surface area contributed by atoms with E-state index in [-0.39, 0.29) is 5.92 Å². The third-order valence-corrected chi connectivity index (χ3v) is 3.27. The topological polar surface area (TPSA) is 82.5 Å². The molecule has 2 N–H and O–H groups in total. The minimum absolute atomic E-state index is 0.120. The SMILES string of the molecule is CCC(C)[C@H](NC(=O)N(C)Cc1ccncc1)C(=O)O. The fraction of sp³-hybridized carbons (Fsp3) is 0.500. The van der Waals surface area contributed by atoms with Crippen LogP contribution in [0, 0.1) is 5.92 Å². The number of hydrogen-bond donors (Lipinski definition) is 2. The van der Waals surface area contributed by atoms with Crippen LogP contribution < -0.4 is 5.32 Å². The summed E-state index contributed by atoms with van der Waals surface area (Å²) in [5.74, 6) is -1.13. The first-order valence-electron chi connectivity index (χ1n) is 6.59. The molecule has 1 unspecified atom stereocenters. The van der Waals surface area contributed by atoms with E-state index in [1.54, 1.807) is 19.4 Å². The van der Waals surface area contributed by atoms with Crippen molar-refractivity contribution in [2.75, 3.05) is 7.05 Å². The Morgan fingerprint density at radius 1 is 1.40 bits per heavy atom. The summed E-state index contributed by atoms with van der Waals surface area (Å²) in [5, 5.41) is 11.7. The second kappa shape index (κ2) is 7.47. The van der Waals surface area contributed by atoms with Crippen LogP contribution in [0.4, 0.5) is 4.79 Å². The van der Waals surface area contributed by atoms with Crippen molar-refractivity contribution in [3.05, 3.63) is 30.1 Å². The largest absolute Gasteiger partial charge is 0.480 e. The van der Waals surface area contributed by atoms with E-state index in [0.717, 1.165) is 5.56 Å². The number of aliphatic carboxylic acids is 1. The van der Waals surface area contributed by atoms with Gasteiger partial charge in [0.2, 0.25) is 0 Å². The lowest BCUT2D eigenvalue weighted by molar-refractivity contribution is -0.140. The summed E-state index contributed by atoms with van der Waals surface area (Å²) >= 11 is 0. The molecule has 0 fully saturated rings. The fourth-order valence-electron chi connectivity index (χ4n) is 1.76. The third-order valence-electron chi connectivity index (χ3n) is 3.27. The predicted molar refractivity (Wildman–Crippen MR) is 75.1 cm³/mol. The monoisotopic (exact) mass is 279 g/mol. The Morgan fingerprint density at radius 3 is 2.50 bits per heavy atom. The molecule has 0 bridgehead atoms. The zero-order valence-electron chi connectivity index (χ0n) is 12.0. The molecule has 20 heavy (non-hydrogen) atoms. The van der Waals surface area contributed by atoms with Gasteiger partial charge in [-0.3, -0.25) is 4.98 Å². The van der Waals surface area contributed by atoms with Crippen LogP contribution in [0.1, 0.15) is 25.8 Å². The van der Waals surface area contributed by atoms with Crippen molar-refractivity contribution >= 4 is 12.0 Å². The predicted octanol–water partition coefficient (Wildman–Crippen LogP) is 1.72. The summed E-state index contributed by atoms with van der Waals surface area (Å²) in [5.41, 5.74) is 0.938. The zero-order valence-corrected chi connectivity index (χ0v) is 12.0. The number of carbonyl (C=O) groups is 2.